The average molecular weight is 173 g/mol. The molecule has 5 heteroatoms. The number of allylic oxidation sites excluding steroid dienone is 1. The molecular weight excluding hydrogens is 162 g/mol. The van der Waals surface area contributed by atoms with E-state index in [1.807, 2.05) is 0 Å². The van der Waals surface area contributed by atoms with Gasteiger partial charge in [-0.15, -0.1) is 0 Å². The van der Waals surface area contributed by atoms with Crippen LogP contribution in [0.1, 0.15) is 6.92 Å². The molecule has 1 N–H and O–H groups in total. The van der Waals surface area contributed by atoms with Crippen LogP contribution in [0.25, 0.3) is 0 Å². The molecule has 0 radical (unpaired) electrons. The smallest absolute Gasteiger partial charge is 0.356 e. The van der Waals surface area contributed by atoms with Crippen LogP contribution in [0.3, 0.4) is 0 Å². The van der Waals surface area contributed by atoms with E-state index in [4.69, 9.17) is 0 Å². The summed E-state index contributed by atoms with van der Waals surface area (Å²) in [6.45, 7) is 1.32. The molecular formula is C7H11NO4. The lowest BCUT2D eigenvalue weighted by Gasteiger charge is -2.04. The quantitative estimate of drug-likeness (QED) is 0.362. The Hall–Kier alpha value is -1.36. The van der Waals surface area contributed by atoms with Crippen LogP contribution < -0.4 is 5.48 Å². The molecule has 0 atom stereocenters. The molecule has 0 amide bonds. The first-order valence-electron chi connectivity index (χ1n) is 3.21. The molecule has 0 bridgehead atoms. The minimum absolute atomic E-state index is 0.0208. The third-order valence-electron chi connectivity index (χ3n) is 0.965. The molecule has 0 saturated heterocycles. The maximum absolute atomic E-state index is 10.9. The Balaban J connectivity index is 4.42. The van der Waals surface area contributed by atoms with Crippen molar-refractivity contribution < 1.29 is 19.2 Å². The van der Waals surface area contributed by atoms with Crippen molar-refractivity contribution in [1.29, 1.82) is 0 Å². The molecule has 5 nitrogen and oxygen atoms in total. The molecule has 0 saturated carbocycles. The Morgan fingerprint density at radius 1 is 1.33 bits per heavy atom. The van der Waals surface area contributed by atoms with Crippen molar-refractivity contribution in [3.8, 4) is 0 Å². The van der Waals surface area contributed by atoms with Crippen LogP contribution in [-0.4, -0.2) is 26.0 Å². The van der Waals surface area contributed by atoms with Gasteiger partial charge in [0.25, 0.3) is 0 Å². The lowest BCUT2D eigenvalue weighted by molar-refractivity contribution is -0.138. The van der Waals surface area contributed by atoms with Crippen molar-refractivity contribution in [2.75, 3.05) is 14.2 Å². The number of rotatable bonds is 4. The highest BCUT2D eigenvalue weighted by atomic mass is 16.6. The first-order chi connectivity index (χ1) is 5.61. The Morgan fingerprint density at radius 2 is 1.92 bits per heavy atom. The number of carbonyl (C=O) groups excluding carboxylic acids is 2. The van der Waals surface area contributed by atoms with Crippen molar-refractivity contribution in [3.63, 3.8) is 0 Å². The minimum Gasteiger partial charge on any atom is -0.464 e. The number of carbonyl (C=O) groups is 2. The highest BCUT2D eigenvalue weighted by molar-refractivity contribution is 5.97. The SMILES string of the molecule is CONC(=CC(C)=O)C(=O)OC. The molecule has 0 rings (SSSR count). The summed E-state index contributed by atoms with van der Waals surface area (Å²) in [4.78, 5) is 25.9. The first kappa shape index (κ1) is 10.6. The van der Waals surface area contributed by atoms with Gasteiger partial charge in [-0.25, -0.2) is 4.79 Å². The summed E-state index contributed by atoms with van der Waals surface area (Å²) in [5.74, 6) is -0.910. The zero-order valence-corrected chi connectivity index (χ0v) is 7.21. The lowest BCUT2D eigenvalue weighted by atomic mass is 10.3. The van der Waals surface area contributed by atoms with Crippen molar-refractivity contribution in [2.45, 2.75) is 6.92 Å². The summed E-state index contributed by atoms with van der Waals surface area (Å²) >= 11 is 0. The van der Waals surface area contributed by atoms with Gasteiger partial charge in [-0.2, -0.15) is 0 Å². The summed E-state index contributed by atoms with van der Waals surface area (Å²) < 4.78 is 4.36. The van der Waals surface area contributed by atoms with E-state index in [1.54, 1.807) is 0 Å². The van der Waals surface area contributed by atoms with E-state index in [1.165, 1.54) is 21.1 Å². The number of hydrogen-bond acceptors (Lipinski definition) is 5. The van der Waals surface area contributed by atoms with Gasteiger partial charge in [-0.05, 0) is 6.92 Å². The molecule has 0 spiro atoms. The number of hydroxylamine groups is 1. The number of methoxy groups -OCH3 is 1. The monoisotopic (exact) mass is 173 g/mol. The van der Waals surface area contributed by atoms with E-state index in [0.717, 1.165) is 6.08 Å². The Labute approximate surface area is 70.3 Å². The molecule has 0 aliphatic carbocycles. The molecule has 0 aliphatic rings. The molecule has 0 aromatic carbocycles. The molecule has 0 unspecified atom stereocenters. The Kier molecular flexibility index (Phi) is 4.71. The van der Waals surface area contributed by atoms with Gasteiger partial charge in [0.2, 0.25) is 0 Å². The normalized spacial score (nSPS) is 10.8. The van der Waals surface area contributed by atoms with Gasteiger partial charge in [-0.1, -0.05) is 0 Å². The fourth-order valence-electron chi connectivity index (χ4n) is 0.553. The first-order valence-corrected chi connectivity index (χ1v) is 3.21. The topological polar surface area (TPSA) is 64.6 Å². The lowest BCUT2D eigenvalue weighted by Crippen LogP contribution is -2.21. The average Bonchev–Trinajstić information content (AvgIpc) is 2.01. The predicted molar refractivity (Wildman–Crippen MR) is 40.9 cm³/mol. The molecule has 68 valence electrons. The van der Waals surface area contributed by atoms with E-state index >= 15 is 0 Å². The second-order valence-electron chi connectivity index (χ2n) is 1.97. The summed E-state index contributed by atoms with van der Waals surface area (Å²) in [6, 6.07) is 0. The second-order valence-corrected chi connectivity index (χ2v) is 1.97. The summed E-state index contributed by atoms with van der Waals surface area (Å²) in [5.41, 5.74) is 2.21. The molecule has 0 aromatic heterocycles. The number of nitrogens with one attached hydrogen (secondary N) is 1. The van der Waals surface area contributed by atoms with E-state index in [-0.39, 0.29) is 11.5 Å². The van der Waals surface area contributed by atoms with E-state index < -0.39 is 5.97 Å². The van der Waals surface area contributed by atoms with Crippen molar-refractivity contribution >= 4 is 11.8 Å². The van der Waals surface area contributed by atoms with Gasteiger partial charge >= 0.3 is 5.97 Å². The molecule has 0 aliphatic heterocycles. The van der Waals surface area contributed by atoms with Crippen LogP contribution in [0.4, 0.5) is 0 Å². The van der Waals surface area contributed by atoms with E-state index in [9.17, 15) is 9.59 Å². The maximum atomic E-state index is 10.9. The summed E-state index contributed by atoms with van der Waals surface area (Å²) in [6.07, 6.45) is 1.09. The number of esters is 1. The fourth-order valence-corrected chi connectivity index (χ4v) is 0.553. The van der Waals surface area contributed by atoms with Gasteiger partial charge in [0.15, 0.2) is 5.78 Å². The zero-order chi connectivity index (χ0) is 9.56. The van der Waals surface area contributed by atoms with Crippen LogP contribution in [0.2, 0.25) is 0 Å². The maximum Gasteiger partial charge on any atom is 0.356 e. The Morgan fingerprint density at radius 3 is 2.25 bits per heavy atom. The van der Waals surface area contributed by atoms with Crippen LogP contribution >= 0.6 is 0 Å². The van der Waals surface area contributed by atoms with Crippen LogP contribution in [0.15, 0.2) is 11.8 Å². The van der Waals surface area contributed by atoms with Crippen LogP contribution in [0.5, 0.6) is 0 Å². The Bertz CT molecular complexity index is 209. The predicted octanol–water partition coefficient (Wildman–Crippen LogP) is -0.217. The molecule has 0 heterocycles. The van der Waals surface area contributed by atoms with E-state index in [0.29, 0.717) is 0 Å². The number of ether oxygens (including phenoxy) is 1. The minimum atomic E-state index is -0.646. The van der Waals surface area contributed by atoms with Gasteiger partial charge in [0.1, 0.15) is 5.70 Å². The van der Waals surface area contributed by atoms with Crippen molar-refractivity contribution in [3.05, 3.63) is 11.8 Å². The van der Waals surface area contributed by atoms with Crippen LogP contribution in [0, 0.1) is 0 Å². The van der Waals surface area contributed by atoms with Crippen molar-refractivity contribution in [1.82, 2.24) is 5.48 Å². The number of hydrogen-bond donors (Lipinski definition) is 1. The third kappa shape index (κ3) is 3.72. The van der Waals surface area contributed by atoms with Crippen LogP contribution in [-0.2, 0) is 19.2 Å². The molecule has 0 fully saturated rings. The highest BCUT2D eigenvalue weighted by Gasteiger charge is 2.09. The third-order valence-corrected chi connectivity index (χ3v) is 0.965. The van der Waals surface area contributed by atoms with Gasteiger partial charge in [0, 0.05) is 6.08 Å². The standard InChI is InChI=1S/C7H11NO4/c1-5(9)4-6(8-12-3)7(10)11-2/h4,8H,1-3H3. The largest absolute Gasteiger partial charge is 0.464 e. The zero-order valence-electron chi connectivity index (χ0n) is 7.21. The molecule has 0 aromatic rings. The van der Waals surface area contributed by atoms with Gasteiger partial charge < -0.3 is 4.74 Å². The van der Waals surface area contributed by atoms with Gasteiger partial charge in [0.05, 0.1) is 14.2 Å². The highest BCUT2D eigenvalue weighted by Crippen LogP contribution is 1.92. The van der Waals surface area contributed by atoms with E-state index in [2.05, 4.69) is 15.1 Å². The fraction of sp³-hybridized carbons (Fsp3) is 0.429. The second kappa shape index (κ2) is 5.31. The summed E-state index contributed by atoms with van der Waals surface area (Å²) in [7, 11) is 2.55. The number of ketones is 1. The molecule has 12 heavy (non-hydrogen) atoms. The van der Waals surface area contributed by atoms with Gasteiger partial charge in [-0.3, -0.25) is 15.1 Å². The van der Waals surface area contributed by atoms with Crippen molar-refractivity contribution in [2.24, 2.45) is 0 Å². The summed E-state index contributed by atoms with van der Waals surface area (Å²) in [5, 5.41) is 0.